The summed E-state index contributed by atoms with van der Waals surface area (Å²) in [6, 6.07) is 6.10. The largest absolute Gasteiger partial charge is 0.480 e. The van der Waals surface area contributed by atoms with Crippen LogP contribution in [0.1, 0.15) is 18.1 Å². The lowest BCUT2D eigenvalue weighted by Crippen LogP contribution is -1.89. The van der Waals surface area contributed by atoms with E-state index in [-0.39, 0.29) is 0 Å². The highest BCUT2D eigenvalue weighted by Crippen LogP contribution is 2.23. The molecule has 1 aromatic carbocycles. The van der Waals surface area contributed by atoms with E-state index in [1.807, 2.05) is 12.1 Å². The minimum Gasteiger partial charge on any atom is -0.480 e. The van der Waals surface area contributed by atoms with Gasteiger partial charge in [-0.25, -0.2) is 0 Å². The summed E-state index contributed by atoms with van der Waals surface area (Å²) in [5.41, 5.74) is 2.59. The van der Waals surface area contributed by atoms with Crippen molar-refractivity contribution in [2.24, 2.45) is 0 Å². The van der Waals surface area contributed by atoms with Crippen LogP contribution >= 0.6 is 9.47 Å². The van der Waals surface area contributed by atoms with E-state index in [4.69, 9.17) is 4.52 Å². The fourth-order valence-electron chi connectivity index (χ4n) is 1.24. The summed E-state index contributed by atoms with van der Waals surface area (Å²) in [7, 11) is 2.28. The van der Waals surface area contributed by atoms with Crippen molar-refractivity contribution in [1.82, 2.24) is 0 Å². The molecule has 1 nitrogen and oxygen atoms in total. The van der Waals surface area contributed by atoms with E-state index in [9.17, 15) is 0 Å². The first-order chi connectivity index (χ1) is 5.29. The number of hydrogen-bond donors (Lipinski definition) is 0. The molecule has 0 fully saturated rings. The molecule has 0 bridgehead atoms. The van der Waals surface area contributed by atoms with Gasteiger partial charge in [0.05, 0.1) is 9.47 Å². The molecule has 1 unspecified atom stereocenters. The first-order valence-corrected chi connectivity index (χ1v) is 4.22. The molecule has 0 saturated carbocycles. The predicted octanol–water partition coefficient (Wildman–Crippen LogP) is 2.73. The van der Waals surface area contributed by atoms with Gasteiger partial charge in [0.15, 0.2) is 0 Å². The molecule has 0 amide bonds. The van der Waals surface area contributed by atoms with Gasteiger partial charge in [-0.3, -0.25) is 0 Å². The van der Waals surface area contributed by atoms with E-state index in [0.717, 1.165) is 12.2 Å². The molecule has 0 aliphatic rings. The van der Waals surface area contributed by atoms with E-state index in [2.05, 4.69) is 29.4 Å². The standard InChI is InChI=1S/C9H13OP/c1-3-8-7(2)5-4-6-9(8)10-11/h4-6H,3,11H2,1-2H3. The Morgan fingerprint density at radius 1 is 1.45 bits per heavy atom. The van der Waals surface area contributed by atoms with Gasteiger partial charge in [-0.15, -0.1) is 0 Å². The van der Waals surface area contributed by atoms with Gasteiger partial charge < -0.3 is 4.52 Å². The van der Waals surface area contributed by atoms with Gasteiger partial charge in [0.2, 0.25) is 0 Å². The third kappa shape index (κ3) is 1.72. The van der Waals surface area contributed by atoms with E-state index in [1.54, 1.807) is 0 Å². The molecule has 1 aromatic rings. The van der Waals surface area contributed by atoms with Crippen molar-refractivity contribution in [2.75, 3.05) is 0 Å². The van der Waals surface area contributed by atoms with E-state index in [0.29, 0.717) is 0 Å². The highest BCUT2D eigenvalue weighted by molar-refractivity contribution is 7.10. The van der Waals surface area contributed by atoms with Crippen LogP contribution in [-0.2, 0) is 6.42 Å². The SMILES string of the molecule is CCc1c(C)cccc1OP. The predicted molar refractivity (Wildman–Crippen MR) is 50.9 cm³/mol. The smallest absolute Gasteiger partial charge is 0.125 e. The summed E-state index contributed by atoms with van der Waals surface area (Å²) in [5.74, 6) is 0.970. The van der Waals surface area contributed by atoms with E-state index < -0.39 is 0 Å². The van der Waals surface area contributed by atoms with Gasteiger partial charge in [0, 0.05) is 0 Å². The van der Waals surface area contributed by atoms with Crippen LogP contribution in [0.25, 0.3) is 0 Å². The lowest BCUT2D eigenvalue weighted by molar-refractivity contribution is 0.634. The second kappa shape index (κ2) is 3.73. The molecular formula is C9H13OP. The van der Waals surface area contributed by atoms with Gasteiger partial charge >= 0.3 is 0 Å². The highest BCUT2D eigenvalue weighted by Gasteiger charge is 2.01. The average molecular weight is 168 g/mol. The zero-order valence-corrected chi connectivity index (χ0v) is 8.08. The van der Waals surface area contributed by atoms with E-state index >= 15 is 0 Å². The summed E-state index contributed by atoms with van der Waals surface area (Å²) < 4.78 is 5.13. The molecule has 1 atom stereocenters. The summed E-state index contributed by atoms with van der Waals surface area (Å²) >= 11 is 0. The van der Waals surface area contributed by atoms with Crippen LogP contribution in [0.2, 0.25) is 0 Å². The molecule has 0 aromatic heterocycles. The molecule has 1 rings (SSSR count). The molecular weight excluding hydrogens is 155 g/mol. The normalized spacial score (nSPS) is 9.73. The fraction of sp³-hybridized carbons (Fsp3) is 0.333. The van der Waals surface area contributed by atoms with Crippen LogP contribution in [-0.4, -0.2) is 0 Å². The van der Waals surface area contributed by atoms with Crippen molar-refractivity contribution < 1.29 is 4.52 Å². The summed E-state index contributed by atoms with van der Waals surface area (Å²) in [5, 5.41) is 0. The first-order valence-electron chi connectivity index (χ1n) is 3.74. The molecule has 11 heavy (non-hydrogen) atoms. The van der Waals surface area contributed by atoms with Gasteiger partial charge in [-0.1, -0.05) is 19.1 Å². The van der Waals surface area contributed by atoms with Gasteiger partial charge in [-0.2, -0.15) is 0 Å². The lowest BCUT2D eigenvalue weighted by Gasteiger charge is -2.07. The number of rotatable bonds is 2. The van der Waals surface area contributed by atoms with Crippen LogP contribution in [0, 0.1) is 6.92 Å². The monoisotopic (exact) mass is 168 g/mol. The molecule has 0 aliphatic heterocycles. The van der Waals surface area contributed by atoms with Gasteiger partial charge in [-0.05, 0) is 30.5 Å². The van der Waals surface area contributed by atoms with Crippen molar-refractivity contribution in [1.29, 1.82) is 0 Å². The Balaban J connectivity index is 3.13. The Morgan fingerprint density at radius 3 is 2.64 bits per heavy atom. The molecule has 60 valence electrons. The molecule has 0 aliphatic carbocycles. The van der Waals surface area contributed by atoms with Gasteiger partial charge in [0.1, 0.15) is 5.75 Å². The maximum Gasteiger partial charge on any atom is 0.125 e. The number of benzene rings is 1. The van der Waals surface area contributed by atoms with Crippen LogP contribution in [0.3, 0.4) is 0 Å². The Hall–Kier alpha value is -0.550. The van der Waals surface area contributed by atoms with Crippen LogP contribution in [0.5, 0.6) is 5.75 Å². The van der Waals surface area contributed by atoms with E-state index in [1.165, 1.54) is 11.1 Å². The fourth-order valence-corrected chi connectivity index (χ4v) is 1.46. The molecule has 2 heteroatoms. The second-order valence-electron chi connectivity index (χ2n) is 2.52. The first kappa shape index (κ1) is 8.55. The Bertz CT molecular complexity index is 245. The Morgan fingerprint density at radius 2 is 2.18 bits per heavy atom. The maximum absolute atomic E-state index is 5.13. The molecule has 0 N–H and O–H groups in total. The topological polar surface area (TPSA) is 9.23 Å². The Labute approximate surface area is 70.1 Å². The summed E-state index contributed by atoms with van der Waals surface area (Å²) in [6.07, 6.45) is 1.02. The average Bonchev–Trinajstić information content (AvgIpc) is 2.04. The summed E-state index contributed by atoms with van der Waals surface area (Å²) in [6.45, 7) is 4.24. The minimum absolute atomic E-state index is 0.970. The molecule has 0 saturated heterocycles. The van der Waals surface area contributed by atoms with Gasteiger partial charge in [0.25, 0.3) is 0 Å². The molecule has 0 radical (unpaired) electrons. The van der Waals surface area contributed by atoms with Crippen molar-refractivity contribution in [3.63, 3.8) is 0 Å². The van der Waals surface area contributed by atoms with Crippen LogP contribution < -0.4 is 4.52 Å². The number of hydrogen-bond acceptors (Lipinski definition) is 1. The zero-order chi connectivity index (χ0) is 8.27. The van der Waals surface area contributed by atoms with Crippen molar-refractivity contribution in [2.45, 2.75) is 20.3 Å². The minimum atomic E-state index is 0.970. The lowest BCUT2D eigenvalue weighted by atomic mass is 10.1. The number of aryl methyl sites for hydroxylation is 1. The van der Waals surface area contributed by atoms with Crippen LogP contribution in [0.4, 0.5) is 0 Å². The maximum atomic E-state index is 5.13. The second-order valence-corrected chi connectivity index (χ2v) is 2.76. The molecule has 0 spiro atoms. The Kier molecular flexibility index (Phi) is 2.90. The third-order valence-electron chi connectivity index (χ3n) is 1.85. The molecule has 0 heterocycles. The quantitative estimate of drug-likeness (QED) is 0.617. The summed E-state index contributed by atoms with van der Waals surface area (Å²) in [4.78, 5) is 0. The van der Waals surface area contributed by atoms with Crippen molar-refractivity contribution in [3.8, 4) is 5.75 Å². The van der Waals surface area contributed by atoms with Crippen LogP contribution in [0.15, 0.2) is 18.2 Å². The third-order valence-corrected chi connectivity index (χ3v) is 2.10. The van der Waals surface area contributed by atoms with Crippen molar-refractivity contribution >= 4 is 9.47 Å². The van der Waals surface area contributed by atoms with Crippen molar-refractivity contribution in [3.05, 3.63) is 29.3 Å². The highest BCUT2D eigenvalue weighted by atomic mass is 31.0. The zero-order valence-electron chi connectivity index (χ0n) is 6.92.